The highest BCUT2D eigenvalue weighted by Crippen LogP contribution is 2.23. The Bertz CT molecular complexity index is 574. The minimum absolute atomic E-state index is 0.590. The van der Waals surface area contributed by atoms with Gasteiger partial charge in [-0.15, -0.1) is 0 Å². The monoisotopic (exact) mass is 273 g/mol. The van der Waals surface area contributed by atoms with Crippen molar-refractivity contribution in [3.63, 3.8) is 0 Å². The number of unbranched alkanes of at least 4 members (excludes halogenated alkanes) is 1. The van der Waals surface area contributed by atoms with Gasteiger partial charge in [0.15, 0.2) is 5.16 Å². The van der Waals surface area contributed by atoms with E-state index < -0.39 is 0 Å². The number of nitrogens with zero attached hydrogens (tertiary/aromatic N) is 3. The van der Waals surface area contributed by atoms with Crippen LogP contribution in [0.5, 0.6) is 5.75 Å². The van der Waals surface area contributed by atoms with E-state index >= 15 is 0 Å². The SMILES string of the molecule is COc1cccc(-n2ccnc2SCCCC#N)c1. The summed E-state index contributed by atoms with van der Waals surface area (Å²) in [5.74, 6) is 1.72. The lowest BCUT2D eigenvalue weighted by Gasteiger charge is -2.08. The average molecular weight is 273 g/mol. The first-order chi connectivity index (χ1) is 9.35. The Labute approximate surface area is 117 Å². The van der Waals surface area contributed by atoms with Gasteiger partial charge in [-0.1, -0.05) is 17.8 Å². The summed E-state index contributed by atoms with van der Waals surface area (Å²) in [5.41, 5.74) is 1.03. The standard InChI is InChI=1S/C14H15N3OS/c1-18-13-6-4-5-12(11-13)17-9-8-16-14(17)19-10-3-2-7-15/h4-6,8-9,11H,2-3,10H2,1H3. The number of thioether (sulfide) groups is 1. The molecule has 2 rings (SSSR count). The lowest BCUT2D eigenvalue weighted by atomic mass is 10.3. The van der Waals surface area contributed by atoms with Crippen molar-refractivity contribution >= 4 is 11.8 Å². The van der Waals surface area contributed by atoms with Crippen LogP contribution in [0.2, 0.25) is 0 Å². The second kappa shape index (κ2) is 6.86. The highest BCUT2D eigenvalue weighted by atomic mass is 32.2. The fourth-order valence-corrected chi connectivity index (χ4v) is 2.58. The zero-order chi connectivity index (χ0) is 13.5. The Morgan fingerprint density at radius 3 is 3.16 bits per heavy atom. The molecule has 1 aromatic carbocycles. The van der Waals surface area contributed by atoms with Crippen molar-refractivity contribution in [2.45, 2.75) is 18.0 Å². The minimum atomic E-state index is 0.590. The van der Waals surface area contributed by atoms with Crippen LogP contribution in [0.1, 0.15) is 12.8 Å². The first-order valence-electron chi connectivity index (χ1n) is 6.02. The van der Waals surface area contributed by atoms with Gasteiger partial charge in [0.05, 0.1) is 18.9 Å². The summed E-state index contributed by atoms with van der Waals surface area (Å²) in [6.07, 6.45) is 5.19. The largest absolute Gasteiger partial charge is 0.497 e. The molecule has 0 saturated carbocycles. The van der Waals surface area contributed by atoms with E-state index in [1.165, 1.54) is 0 Å². The van der Waals surface area contributed by atoms with Crippen LogP contribution in [0.15, 0.2) is 41.8 Å². The molecule has 1 heterocycles. The third-order valence-corrected chi connectivity index (χ3v) is 3.66. The van der Waals surface area contributed by atoms with E-state index in [2.05, 4.69) is 11.1 Å². The summed E-state index contributed by atoms with van der Waals surface area (Å²) in [6, 6.07) is 10.0. The summed E-state index contributed by atoms with van der Waals surface area (Å²) < 4.78 is 7.26. The highest BCUT2D eigenvalue weighted by molar-refractivity contribution is 7.99. The van der Waals surface area contributed by atoms with Crippen molar-refractivity contribution in [2.24, 2.45) is 0 Å². The van der Waals surface area contributed by atoms with E-state index in [4.69, 9.17) is 10.00 Å². The molecule has 2 aromatic rings. The summed E-state index contributed by atoms with van der Waals surface area (Å²) in [5, 5.41) is 9.46. The van der Waals surface area contributed by atoms with Crippen molar-refractivity contribution in [3.8, 4) is 17.5 Å². The van der Waals surface area contributed by atoms with E-state index in [0.717, 1.165) is 28.8 Å². The number of benzene rings is 1. The molecule has 0 amide bonds. The predicted octanol–water partition coefficient (Wildman–Crippen LogP) is 3.28. The number of hydrogen-bond acceptors (Lipinski definition) is 4. The zero-order valence-corrected chi connectivity index (χ0v) is 11.6. The van der Waals surface area contributed by atoms with Crippen LogP contribution >= 0.6 is 11.8 Å². The molecular formula is C14H15N3OS. The average Bonchev–Trinajstić information content (AvgIpc) is 2.92. The van der Waals surface area contributed by atoms with Crippen molar-refractivity contribution in [1.29, 1.82) is 5.26 Å². The first kappa shape index (κ1) is 13.5. The van der Waals surface area contributed by atoms with E-state index in [9.17, 15) is 0 Å². The van der Waals surface area contributed by atoms with Crippen molar-refractivity contribution in [2.75, 3.05) is 12.9 Å². The molecule has 0 saturated heterocycles. The molecule has 19 heavy (non-hydrogen) atoms. The molecule has 0 atom stereocenters. The third kappa shape index (κ3) is 3.52. The van der Waals surface area contributed by atoms with Crippen LogP contribution < -0.4 is 4.74 Å². The Hall–Kier alpha value is -1.93. The van der Waals surface area contributed by atoms with Crippen LogP contribution in [0, 0.1) is 11.3 Å². The van der Waals surface area contributed by atoms with E-state index in [1.807, 2.05) is 35.0 Å². The van der Waals surface area contributed by atoms with E-state index in [-0.39, 0.29) is 0 Å². The normalized spacial score (nSPS) is 10.1. The molecule has 0 unspecified atom stereocenters. The molecule has 0 bridgehead atoms. The van der Waals surface area contributed by atoms with Crippen LogP contribution in [-0.4, -0.2) is 22.4 Å². The minimum Gasteiger partial charge on any atom is -0.497 e. The summed E-state index contributed by atoms with van der Waals surface area (Å²) >= 11 is 1.66. The second-order valence-corrected chi connectivity index (χ2v) is 4.95. The van der Waals surface area contributed by atoms with Gasteiger partial charge in [-0.2, -0.15) is 5.26 Å². The molecule has 98 valence electrons. The molecule has 4 nitrogen and oxygen atoms in total. The lowest BCUT2D eigenvalue weighted by Crippen LogP contribution is -1.96. The Morgan fingerprint density at radius 2 is 2.37 bits per heavy atom. The van der Waals surface area contributed by atoms with Gasteiger partial charge in [0, 0.05) is 30.6 Å². The topological polar surface area (TPSA) is 50.8 Å². The van der Waals surface area contributed by atoms with Crippen LogP contribution in [0.4, 0.5) is 0 Å². The van der Waals surface area contributed by atoms with Crippen LogP contribution in [-0.2, 0) is 0 Å². The molecule has 0 aliphatic heterocycles. The van der Waals surface area contributed by atoms with Gasteiger partial charge in [-0.05, 0) is 18.6 Å². The summed E-state index contributed by atoms with van der Waals surface area (Å²) in [4.78, 5) is 4.35. The van der Waals surface area contributed by atoms with E-state index in [1.54, 1.807) is 25.1 Å². The number of methoxy groups -OCH3 is 1. The highest BCUT2D eigenvalue weighted by Gasteiger charge is 2.06. The predicted molar refractivity (Wildman–Crippen MR) is 75.7 cm³/mol. The number of hydrogen-bond donors (Lipinski definition) is 0. The summed E-state index contributed by atoms with van der Waals surface area (Å²) in [7, 11) is 1.66. The van der Waals surface area contributed by atoms with Gasteiger partial charge in [0.1, 0.15) is 5.75 Å². The molecule has 0 radical (unpaired) electrons. The zero-order valence-electron chi connectivity index (χ0n) is 10.7. The Morgan fingerprint density at radius 1 is 1.47 bits per heavy atom. The number of imidazole rings is 1. The number of nitriles is 1. The fraction of sp³-hybridized carbons (Fsp3) is 0.286. The molecule has 0 spiro atoms. The second-order valence-electron chi connectivity index (χ2n) is 3.89. The quantitative estimate of drug-likeness (QED) is 0.598. The number of rotatable bonds is 6. The Balaban J connectivity index is 2.12. The van der Waals surface area contributed by atoms with Crippen LogP contribution in [0.3, 0.4) is 0 Å². The van der Waals surface area contributed by atoms with Crippen LogP contribution in [0.25, 0.3) is 5.69 Å². The maximum atomic E-state index is 8.52. The van der Waals surface area contributed by atoms with Gasteiger partial charge < -0.3 is 4.74 Å². The van der Waals surface area contributed by atoms with Crippen molar-refractivity contribution in [3.05, 3.63) is 36.7 Å². The molecule has 5 heteroatoms. The maximum absolute atomic E-state index is 8.52. The van der Waals surface area contributed by atoms with Gasteiger partial charge in [0.2, 0.25) is 0 Å². The molecular weight excluding hydrogens is 258 g/mol. The fourth-order valence-electron chi connectivity index (χ4n) is 1.67. The maximum Gasteiger partial charge on any atom is 0.172 e. The van der Waals surface area contributed by atoms with E-state index in [0.29, 0.717) is 6.42 Å². The first-order valence-corrected chi connectivity index (χ1v) is 7.01. The van der Waals surface area contributed by atoms with Gasteiger partial charge >= 0.3 is 0 Å². The molecule has 0 N–H and O–H groups in total. The molecule has 1 aromatic heterocycles. The van der Waals surface area contributed by atoms with Gasteiger partial charge in [-0.3, -0.25) is 4.57 Å². The molecule has 0 aliphatic rings. The van der Waals surface area contributed by atoms with Gasteiger partial charge in [0.25, 0.3) is 0 Å². The van der Waals surface area contributed by atoms with Crippen molar-refractivity contribution < 1.29 is 4.74 Å². The molecule has 0 fully saturated rings. The number of aromatic nitrogens is 2. The lowest BCUT2D eigenvalue weighted by molar-refractivity contribution is 0.414. The Kier molecular flexibility index (Phi) is 4.87. The smallest absolute Gasteiger partial charge is 0.172 e. The van der Waals surface area contributed by atoms with Gasteiger partial charge in [-0.25, -0.2) is 4.98 Å². The summed E-state index contributed by atoms with van der Waals surface area (Å²) in [6.45, 7) is 0. The van der Waals surface area contributed by atoms with Crippen molar-refractivity contribution in [1.82, 2.24) is 9.55 Å². The third-order valence-electron chi connectivity index (χ3n) is 2.60. The molecule has 0 aliphatic carbocycles. The number of ether oxygens (including phenoxy) is 1.